The second-order valence-corrected chi connectivity index (χ2v) is 14.3. The number of hydrogen-bond acceptors (Lipinski definition) is 10. The summed E-state index contributed by atoms with van der Waals surface area (Å²) in [6.45, 7) is 8.99. The van der Waals surface area contributed by atoms with E-state index in [0.717, 1.165) is 18.4 Å². The molecule has 0 aromatic rings. The quantitative estimate of drug-likeness (QED) is 0.100. The van der Waals surface area contributed by atoms with Crippen molar-refractivity contribution in [3.63, 3.8) is 0 Å². The van der Waals surface area contributed by atoms with Crippen molar-refractivity contribution in [3.8, 4) is 0 Å². The Morgan fingerprint density at radius 3 is 2.28 bits per heavy atom. The maximum Gasteiger partial charge on any atom is 0.321 e. The number of ether oxygens (including phenoxy) is 3. The van der Waals surface area contributed by atoms with E-state index in [1.54, 1.807) is 13.8 Å². The van der Waals surface area contributed by atoms with E-state index in [4.69, 9.17) is 14.2 Å². The van der Waals surface area contributed by atoms with E-state index >= 15 is 0 Å². The highest BCUT2D eigenvalue weighted by Crippen LogP contribution is 2.72. The number of hydrogen-bond donors (Lipinski definition) is 6. The molecule has 242 valence electrons. The fourth-order valence-electron chi connectivity index (χ4n) is 9.79. The maximum atomic E-state index is 13.0. The molecule has 5 rings (SSSR count). The number of esters is 1. The number of carboxylic acid groups (broad SMARTS) is 2. The Morgan fingerprint density at radius 2 is 1.67 bits per heavy atom. The fourth-order valence-corrected chi connectivity index (χ4v) is 9.79. The van der Waals surface area contributed by atoms with Crippen LogP contribution in [0.1, 0.15) is 72.1 Å². The van der Waals surface area contributed by atoms with Crippen LogP contribution in [0.2, 0.25) is 0 Å². The van der Waals surface area contributed by atoms with Crippen molar-refractivity contribution >= 4 is 17.9 Å². The molecule has 12 nitrogen and oxygen atoms in total. The standard InChI is InChI=1S/C31H46O12/c1-14(2)9-21(33)43-24-23(35)22(34)18(13-32)42-26(24)41-17-11-29(4)19-6-5-16-10-30(19,25(36)15(16)3)8-7-20(29)31(12-17,27(37)38)28(39)40/h14,16-20,22-26,32,34-36H,3,5-13H2,1-2,4H3,(H,37,38)(H,39,40)/t16-,17+,18-,19?,20+,22-,23+,24-,25+,26-,29+,30-/m1/s1. The summed E-state index contributed by atoms with van der Waals surface area (Å²) >= 11 is 0. The van der Waals surface area contributed by atoms with Crippen molar-refractivity contribution in [2.45, 2.75) is 115 Å². The van der Waals surface area contributed by atoms with E-state index in [1.165, 1.54) is 0 Å². The molecule has 1 spiro atoms. The van der Waals surface area contributed by atoms with Crippen LogP contribution in [-0.4, -0.2) is 98.1 Å². The maximum absolute atomic E-state index is 13.0. The number of aliphatic hydroxyl groups is 4. The number of carbonyl (C=O) groups excluding carboxylic acids is 1. The Morgan fingerprint density at radius 1 is 1.00 bits per heavy atom. The van der Waals surface area contributed by atoms with Crippen molar-refractivity contribution in [1.29, 1.82) is 0 Å². The molecule has 2 bridgehead atoms. The van der Waals surface area contributed by atoms with Crippen molar-refractivity contribution in [1.82, 2.24) is 0 Å². The average Bonchev–Trinajstić information content (AvgIpc) is 3.10. The lowest BCUT2D eigenvalue weighted by atomic mass is 9.40. The highest BCUT2D eigenvalue weighted by Gasteiger charge is 2.72. The Kier molecular flexibility index (Phi) is 8.54. The van der Waals surface area contributed by atoms with E-state index < -0.39 is 96.0 Å². The SMILES string of the molecule is C=C1[C@@H]2CCC3[C@@](CC[C@@H]4C(C(=O)O)(C(=O)O)C[C@@H](O[C@@H]5O[C@H](CO)[C@@H](O)[C@H](O)[C@H]5OC(=O)CC(C)C)C[C@@]34C)(C2)[C@H]1O. The van der Waals surface area contributed by atoms with Crippen LogP contribution < -0.4 is 0 Å². The first-order valence-corrected chi connectivity index (χ1v) is 15.4. The van der Waals surface area contributed by atoms with E-state index in [-0.39, 0.29) is 30.6 Å². The normalized spacial score (nSPS) is 45.3. The second kappa shape index (κ2) is 11.4. The predicted octanol–water partition coefficient (Wildman–Crippen LogP) is 1.47. The van der Waals surface area contributed by atoms with Gasteiger partial charge in [0.15, 0.2) is 17.8 Å². The lowest BCUT2D eigenvalue weighted by Gasteiger charge is -2.64. The Bertz CT molecular complexity index is 1120. The van der Waals surface area contributed by atoms with Crippen LogP contribution in [-0.2, 0) is 28.6 Å². The summed E-state index contributed by atoms with van der Waals surface area (Å²) in [5, 5.41) is 63.8. The zero-order valence-corrected chi connectivity index (χ0v) is 25.1. The van der Waals surface area contributed by atoms with E-state index in [2.05, 4.69) is 6.58 Å². The minimum absolute atomic E-state index is 0.0121. The molecule has 0 radical (unpaired) electrons. The number of rotatable bonds is 8. The third-order valence-electron chi connectivity index (χ3n) is 11.6. The van der Waals surface area contributed by atoms with Crippen LogP contribution in [0.3, 0.4) is 0 Å². The van der Waals surface area contributed by atoms with Crippen LogP contribution >= 0.6 is 0 Å². The average molecular weight is 611 g/mol. The van der Waals surface area contributed by atoms with Gasteiger partial charge in [0.1, 0.15) is 18.3 Å². The first kappa shape index (κ1) is 32.3. The Hall–Kier alpha value is -2.09. The summed E-state index contributed by atoms with van der Waals surface area (Å²) in [5.41, 5.74) is -2.82. The number of aliphatic carboxylic acids is 2. The highest BCUT2D eigenvalue weighted by atomic mass is 16.7. The molecule has 0 amide bonds. The summed E-state index contributed by atoms with van der Waals surface area (Å²) in [7, 11) is 0. The summed E-state index contributed by atoms with van der Waals surface area (Å²) in [4.78, 5) is 38.6. The molecule has 0 aromatic heterocycles. The third-order valence-corrected chi connectivity index (χ3v) is 11.6. The van der Waals surface area contributed by atoms with Crippen LogP contribution in [0.4, 0.5) is 0 Å². The predicted molar refractivity (Wildman–Crippen MR) is 148 cm³/mol. The molecular weight excluding hydrogens is 564 g/mol. The molecule has 12 atom stereocenters. The zero-order valence-electron chi connectivity index (χ0n) is 25.1. The van der Waals surface area contributed by atoms with E-state index in [9.17, 15) is 45.0 Å². The largest absolute Gasteiger partial charge is 0.480 e. The first-order chi connectivity index (χ1) is 20.1. The van der Waals surface area contributed by atoms with Gasteiger partial charge in [0, 0.05) is 18.3 Å². The molecule has 1 heterocycles. The number of aliphatic hydroxyl groups excluding tert-OH is 4. The molecule has 1 unspecified atom stereocenters. The van der Waals surface area contributed by atoms with Gasteiger partial charge in [-0.05, 0) is 73.2 Å². The summed E-state index contributed by atoms with van der Waals surface area (Å²) in [6.07, 6.45) is -6.54. The van der Waals surface area contributed by atoms with Crippen LogP contribution in [0.15, 0.2) is 12.2 Å². The molecule has 6 N–H and O–H groups in total. The van der Waals surface area contributed by atoms with Gasteiger partial charge < -0.3 is 44.8 Å². The molecule has 43 heavy (non-hydrogen) atoms. The van der Waals surface area contributed by atoms with Gasteiger partial charge in [0.25, 0.3) is 0 Å². The topological polar surface area (TPSA) is 200 Å². The second-order valence-electron chi connectivity index (χ2n) is 14.3. The number of fused-ring (bicyclic) bond motifs is 3. The fraction of sp³-hybridized carbons (Fsp3) is 0.839. The lowest BCUT2D eigenvalue weighted by Crippen LogP contribution is -2.66. The summed E-state index contributed by atoms with van der Waals surface area (Å²) < 4.78 is 17.6. The van der Waals surface area contributed by atoms with Crippen molar-refractivity contribution in [2.24, 2.45) is 39.9 Å². The molecule has 1 aliphatic heterocycles. The van der Waals surface area contributed by atoms with Gasteiger partial charge in [-0.1, -0.05) is 27.4 Å². The Balaban J connectivity index is 1.51. The van der Waals surface area contributed by atoms with Crippen LogP contribution in [0.25, 0.3) is 0 Å². The summed E-state index contributed by atoms with van der Waals surface area (Å²) in [6, 6.07) is 0. The van der Waals surface area contributed by atoms with Crippen LogP contribution in [0.5, 0.6) is 0 Å². The zero-order chi connectivity index (χ0) is 31.6. The van der Waals surface area contributed by atoms with Gasteiger partial charge in [-0.2, -0.15) is 0 Å². The van der Waals surface area contributed by atoms with E-state index in [1.807, 2.05) is 6.92 Å². The third kappa shape index (κ3) is 4.93. The molecule has 5 fully saturated rings. The smallest absolute Gasteiger partial charge is 0.321 e. The van der Waals surface area contributed by atoms with Gasteiger partial charge in [-0.15, -0.1) is 0 Å². The van der Waals surface area contributed by atoms with Crippen LogP contribution in [0, 0.1) is 39.9 Å². The van der Waals surface area contributed by atoms with Crippen molar-refractivity contribution in [3.05, 3.63) is 12.2 Å². The molecule has 5 aliphatic rings. The van der Waals surface area contributed by atoms with Crippen molar-refractivity contribution in [2.75, 3.05) is 6.61 Å². The minimum Gasteiger partial charge on any atom is -0.480 e. The first-order valence-electron chi connectivity index (χ1n) is 15.4. The monoisotopic (exact) mass is 610 g/mol. The molecule has 4 aliphatic carbocycles. The molecular formula is C31H46O12. The molecule has 12 heteroatoms. The van der Waals surface area contributed by atoms with Gasteiger partial charge in [0.05, 0.1) is 18.8 Å². The number of carboxylic acids is 2. The Labute approximate surface area is 251 Å². The van der Waals surface area contributed by atoms with Crippen molar-refractivity contribution < 1.29 is 59.2 Å². The molecule has 1 saturated heterocycles. The van der Waals surface area contributed by atoms with Gasteiger partial charge in [-0.25, -0.2) is 0 Å². The minimum atomic E-state index is -2.20. The van der Waals surface area contributed by atoms with Gasteiger partial charge in [-0.3, -0.25) is 14.4 Å². The highest BCUT2D eigenvalue weighted by molar-refractivity contribution is 5.99. The number of carbonyl (C=O) groups is 3. The molecule has 0 aromatic carbocycles. The lowest BCUT2D eigenvalue weighted by molar-refractivity contribution is -0.324. The summed E-state index contributed by atoms with van der Waals surface area (Å²) in [5.74, 6) is -4.45. The van der Waals surface area contributed by atoms with Gasteiger partial charge >= 0.3 is 17.9 Å². The van der Waals surface area contributed by atoms with E-state index in [0.29, 0.717) is 19.3 Å². The van der Waals surface area contributed by atoms with Gasteiger partial charge in [0.2, 0.25) is 0 Å². The molecule has 4 saturated carbocycles.